The van der Waals surface area contributed by atoms with E-state index < -0.39 is 72.2 Å². The van der Waals surface area contributed by atoms with Crippen molar-refractivity contribution in [3.8, 4) is 0 Å². The zero-order chi connectivity index (χ0) is 51.2. The standard InChI is InChI=1S/C54H94O16/c1-49(2)25-32-31-19-20-36-50(3)23-22-37(51(4,29-57-9)35(50)21-24-52(36,5)53(31,6)26-38(59-11)54(32,30-58-10)46(66-18)45(49)65-17)69-48-44(42(63-15)40(61-13)34(68-48)28-56-8)70-47-43(64-16)41(62-14)39(60-12)33(67-47)27-55-7/h19,32-48H,20-30H2,1-18H3/t32-,33+,34+,35+,36+,37-,38+,39-,40+,41-,42-,43+,44+,45-,46-,47-,48-,50-,51-,52+,53+,54-/m0/s1. The first-order chi connectivity index (χ1) is 33.4. The van der Waals surface area contributed by atoms with Gasteiger partial charge in [0.15, 0.2) is 12.6 Å². The van der Waals surface area contributed by atoms with Gasteiger partial charge in [0, 0.05) is 90.7 Å². The van der Waals surface area contributed by atoms with Crippen LogP contribution >= 0.6 is 0 Å². The zero-order valence-corrected chi connectivity index (χ0v) is 46.2. The second kappa shape index (κ2) is 22.4. The summed E-state index contributed by atoms with van der Waals surface area (Å²) in [5, 5.41) is 0. The highest BCUT2D eigenvalue weighted by atomic mass is 16.8. The fourth-order valence-corrected chi connectivity index (χ4v) is 17.0. The van der Waals surface area contributed by atoms with Gasteiger partial charge in [-0.05, 0) is 84.4 Å². The molecule has 7 rings (SSSR count). The molecule has 0 amide bonds. The molecule has 0 radical (unpaired) electrons. The van der Waals surface area contributed by atoms with E-state index in [4.69, 9.17) is 75.8 Å². The molecule has 16 nitrogen and oxygen atoms in total. The number of hydrogen-bond donors (Lipinski definition) is 0. The normalized spacial score (nSPS) is 49.0. The third kappa shape index (κ3) is 8.94. The van der Waals surface area contributed by atoms with E-state index in [9.17, 15) is 0 Å². The van der Waals surface area contributed by atoms with Crippen LogP contribution in [0.2, 0.25) is 0 Å². The second-order valence-electron chi connectivity index (χ2n) is 23.5. The van der Waals surface area contributed by atoms with Crippen LogP contribution in [0, 0.1) is 50.2 Å². The van der Waals surface area contributed by atoms with E-state index in [2.05, 4.69) is 47.6 Å². The van der Waals surface area contributed by atoms with Crippen molar-refractivity contribution in [3.05, 3.63) is 11.6 Å². The van der Waals surface area contributed by atoms with E-state index in [-0.39, 0.29) is 71.1 Å². The lowest BCUT2D eigenvalue weighted by Crippen LogP contribution is -2.72. The first kappa shape index (κ1) is 56.8. The van der Waals surface area contributed by atoms with E-state index >= 15 is 0 Å². The number of methoxy groups -OCH3 is 12. The van der Waals surface area contributed by atoms with Crippen LogP contribution in [0.5, 0.6) is 0 Å². The molecule has 16 heteroatoms. The lowest BCUT2D eigenvalue weighted by molar-refractivity contribution is -0.385. The number of rotatable bonds is 20. The van der Waals surface area contributed by atoms with Crippen molar-refractivity contribution in [3.63, 3.8) is 0 Å². The average molecular weight is 999 g/mol. The number of ether oxygens (including phenoxy) is 16. The van der Waals surface area contributed by atoms with Gasteiger partial charge in [0.1, 0.15) is 48.8 Å². The predicted octanol–water partition coefficient (Wildman–Crippen LogP) is 6.52. The molecule has 0 aromatic heterocycles. The Kier molecular flexibility index (Phi) is 18.1. The molecule has 4 saturated carbocycles. The summed E-state index contributed by atoms with van der Waals surface area (Å²) >= 11 is 0. The van der Waals surface area contributed by atoms with E-state index in [0.717, 1.165) is 44.9 Å². The summed E-state index contributed by atoms with van der Waals surface area (Å²) in [7, 11) is 20.6. The van der Waals surface area contributed by atoms with Crippen LogP contribution in [0.1, 0.15) is 86.5 Å². The van der Waals surface area contributed by atoms with Crippen LogP contribution in [0.4, 0.5) is 0 Å². The van der Waals surface area contributed by atoms with Gasteiger partial charge < -0.3 is 75.8 Å². The minimum absolute atomic E-state index is 0.0229. The molecule has 0 N–H and O–H groups in total. The molecule has 0 aromatic carbocycles. The third-order valence-corrected chi connectivity index (χ3v) is 20.2. The monoisotopic (exact) mass is 999 g/mol. The van der Waals surface area contributed by atoms with Crippen molar-refractivity contribution in [1.29, 1.82) is 0 Å². The quantitative estimate of drug-likeness (QED) is 0.0962. The fourth-order valence-electron chi connectivity index (χ4n) is 17.0. The van der Waals surface area contributed by atoms with Crippen LogP contribution in [0.25, 0.3) is 0 Å². The summed E-state index contributed by atoms with van der Waals surface area (Å²) in [5.74, 6) is 0.857. The summed E-state index contributed by atoms with van der Waals surface area (Å²) in [6.07, 6.45) is 2.06. The summed E-state index contributed by atoms with van der Waals surface area (Å²) in [4.78, 5) is 0. The van der Waals surface area contributed by atoms with Gasteiger partial charge in [-0.15, -0.1) is 0 Å². The largest absolute Gasteiger partial charge is 0.384 e. The maximum Gasteiger partial charge on any atom is 0.187 e. The molecule has 22 atom stereocenters. The first-order valence-corrected chi connectivity index (χ1v) is 25.9. The Bertz CT molecular complexity index is 1740. The van der Waals surface area contributed by atoms with Crippen LogP contribution < -0.4 is 0 Å². The van der Waals surface area contributed by atoms with Gasteiger partial charge in [0.05, 0.1) is 56.3 Å². The Morgan fingerprint density at radius 3 is 1.59 bits per heavy atom. The van der Waals surface area contributed by atoms with Crippen LogP contribution in [0.3, 0.4) is 0 Å². The molecule has 7 aliphatic rings. The molecule has 0 aromatic rings. The highest BCUT2D eigenvalue weighted by Gasteiger charge is 2.73. The highest BCUT2D eigenvalue weighted by molar-refractivity contribution is 5.37. The molecular formula is C54H94O16. The molecule has 406 valence electrons. The molecule has 5 aliphatic carbocycles. The van der Waals surface area contributed by atoms with Crippen LogP contribution in [-0.4, -0.2) is 198 Å². The lowest BCUT2D eigenvalue weighted by atomic mass is 9.33. The second-order valence-corrected chi connectivity index (χ2v) is 23.5. The maximum absolute atomic E-state index is 7.48. The Morgan fingerprint density at radius 1 is 0.514 bits per heavy atom. The van der Waals surface area contributed by atoms with Gasteiger partial charge >= 0.3 is 0 Å². The molecule has 0 spiro atoms. The SMILES string of the molecule is COC[C@H]1O[C@@H](O[C@H]2[C@H](O[C@H]3CC[C@@]4(C)[C@@H](CC[C@]5(C)[C@@H]4CC=C4[C@@H]6CC(C)(C)[C@@H](OC)[C@H](OC)[C@]6(COC)[C@H](OC)C[C@]45C)[C@]3(C)COC)O[C@H](COC)[C@@H](OC)[C@@H]2OC)[C@H](OC)[C@@H](OC)[C@H]1OC. The van der Waals surface area contributed by atoms with Gasteiger partial charge in [0.2, 0.25) is 0 Å². The smallest absolute Gasteiger partial charge is 0.187 e. The number of fused-ring (bicyclic) bond motifs is 7. The highest BCUT2D eigenvalue weighted by Crippen LogP contribution is 2.76. The maximum atomic E-state index is 7.48. The summed E-state index contributed by atoms with van der Waals surface area (Å²) < 4.78 is 102. The molecule has 2 aliphatic heterocycles. The van der Waals surface area contributed by atoms with Gasteiger partial charge in [-0.2, -0.15) is 0 Å². The summed E-state index contributed by atoms with van der Waals surface area (Å²) in [6, 6.07) is 0. The number of hydrogen-bond acceptors (Lipinski definition) is 16. The molecule has 0 bridgehead atoms. The summed E-state index contributed by atoms with van der Waals surface area (Å²) in [6.45, 7) is 16.4. The lowest BCUT2D eigenvalue weighted by Gasteiger charge is -2.73. The van der Waals surface area contributed by atoms with E-state index in [0.29, 0.717) is 19.1 Å². The van der Waals surface area contributed by atoms with Crippen molar-refractivity contribution in [2.75, 3.05) is 112 Å². The Labute approximate surface area is 420 Å². The molecule has 6 fully saturated rings. The van der Waals surface area contributed by atoms with E-state index in [1.807, 2.05) is 35.5 Å². The van der Waals surface area contributed by atoms with Crippen LogP contribution in [0.15, 0.2) is 11.6 Å². The van der Waals surface area contributed by atoms with Crippen molar-refractivity contribution < 1.29 is 75.8 Å². The van der Waals surface area contributed by atoms with Gasteiger partial charge in [-0.3, -0.25) is 0 Å². The van der Waals surface area contributed by atoms with Gasteiger partial charge in [-0.25, -0.2) is 0 Å². The topological polar surface area (TPSA) is 148 Å². The Morgan fingerprint density at radius 2 is 1.07 bits per heavy atom. The molecule has 0 unspecified atom stereocenters. The average Bonchev–Trinajstić information content (AvgIpc) is 3.32. The Balaban J connectivity index is 1.24. The fraction of sp³-hybridized carbons (Fsp3) is 0.963. The van der Waals surface area contributed by atoms with Crippen molar-refractivity contribution in [2.45, 2.75) is 172 Å². The first-order valence-electron chi connectivity index (χ1n) is 25.9. The Hall–Kier alpha value is -0.900. The zero-order valence-electron chi connectivity index (χ0n) is 46.2. The molecule has 70 heavy (non-hydrogen) atoms. The van der Waals surface area contributed by atoms with E-state index in [1.54, 1.807) is 55.3 Å². The predicted molar refractivity (Wildman–Crippen MR) is 260 cm³/mol. The van der Waals surface area contributed by atoms with Crippen molar-refractivity contribution >= 4 is 0 Å². The van der Waals surface area contributed by atoms with Crippen molar-refractivity contribution in [2.24, 2.45) is 50.2 Å². The van der Waals surface area contributed by atoms with Gasteiger partial charge in [-0.1, -0.05) is 53.2 Å². The molecule has 2 heterocycles. The minimum Gasteiger partial charge on any atom is -0.384 e. The third-order valence-electron chi connectivity index (χ3n) is 20.2. The van der Waals surface area contributed by atoms with Crippen molar-refractivity contribution in [1.82, 2.24) is 0 Å². The van der Waals surface area contributed by atoms with Gasteiger partial charge in [0.25, 0.3) is 0 Å². The minimum atomic E-state index is -0.935. The van der Waals surface area contributed by atoms with Crippen LogP contribution in [-0.2, 0) is 75.8 Å². The molecular weight excluding hydrogens is 905 g/mol. The van der Waals surface area contributed by atoms with E-state index in [1.165, 1.54) is 0 Å². The molecule has 2 saturated heterocycles. The number of allylic oxidation sites excluding steroid dienone is 2. The summed E-state index contributed by atoms with van der Waals surface area (Å²) in [5.41, 5.74) is 0.406.